The fraction of sp³-hybridized carbons (Fsp3) is 0.857. The van der Waals surface area contributed by atoms with Gasteiger partial charge >= 0.3 is 5.97 Å². The summed E-state index contributed by atoms with van der Waals surface area (Å²) in [5.41, 5.74) is 0. The highest BCUT2D eigenvalue weighted by atomic mass is 79.9. The largest absolute Gasteiger partial charge is 0.481 e. The zero-order chi connectivity index (χ0) is 7.56. The van der Waals surface area contributed by atoms with Gasteiger partial charge in [0.1, 0.15) is 0 Å². The third-order valence-corrected chi connectivity index (χ3v) is 2.79. The minimum Gasteiger partial charge on any atom is -0.481 e. The van der Waals surface area contributed by atoms with Crippen molar-refractivity contribution in [3.05, 3.63) is 0 Å². The highest BCUT2D eigenvalue weighted by Crippen LogP contribution is 2.28. The van der Waals surface area contributed by atoms with E-state index in [2.05, 4.69) is 15.9 Å². The first-order valence-electron chi connectivity index (χ1n) is 3.57. The molecule has 10 heavy (non-hydrogen) atoms. The van der Waals surface area contributed by atoms with Gasteiger partial charge in [0.25, 0.3) is 0 Å². The Morgan fingerprint density at radius 2 is 2.20 bits per heavy atom. The second-order valence-electron chi connectivity index (χ2n) is 2.80. The predicted octanol–water partition coefficient (Wildman–Crippen LogP) is 2.02. The van der Waals surface area contributed by atoms with E-state index in [1.54, 1.807) is 0 Å². The smallest absolute Gasteiger partial charge is 0.306 e. The van der Waals surface area contributed by atoms with E-state index in [0.717, 1.165) is 25.7 Å². The van der Waals surface area contributed by atoms with Crippen LogP contribution in [0.2, 0.25) is 0 Å². The van der Waals surface area contributed by atoms with E-state index in [4.69, 9.17) is 5.11 Å². The summed E-state index contributed by atoms with van der Waals surface area (Å²) >= 11 is 3.43. The third kappa shape index (κ3) is 1.97. The van der Waals surface area contributed by atoms with Crippen molar-refractivity contribution in [1.82, 2.24) is 0 Å². The number of carboxylic acids is 1. The van der Waals surface area contributed by atoms with Gasteiger partial charge in [0.05, 0.1) is 5.92 Å². The SMILES string of the molecule is O=C(O)[C@@H]1CCCC(Br)C1. The van der Waals surface area contributed by atoms with Crippen LogP contribution < -0.4 is 0 Å². The summed E-state index contributed by atoms with van der Waals surface area (Å²) in [6.07, 6.45) is 3.84. The maximum Gasteiger partial charge on any atom is 0.306 e. The molecule has 0 aromatic heterocycles. The van der Waals surface area contributed by atoms with Crippen LogP contribution in [0.15, 0.2) is 0 Å². The Kier molecular flexibility index (Phi) is 2.72. The quantitative estimate of drug-likeness (QED) is 0.668. The Morgan fingerprint density at radius 1 is 1.50 bits per heavy atom. The zero-order valence-corrected chi connectivity index (χ0v) is 7.30. The van der Waals surface area contributed by atoms with Gasteiger partial charge in [0, 0.05) is 4.83 Å². The first kappa shape index (κ1) is 8.05. The monoisotopic (exact) mass is 206 g/mol. The van der Waals surface area contributed by atoms with Crippen molar-refractivity contribution in [3.63, 3.8) is 0 Å². The van der Waals surface area contributed by atoms with Crippen LogP contribution in [0.25, 0.3) is 0 Å². The summed E-state index contributed by atoms with van der Waals surface area (Å²) in [5.74, 6) is -0.734. The highest BCUT2D eigenvalue weighted by Gasteiger charge is 2.24. The Balaban J connectivity index is 2.39. The molecule has 58 valence electrons. The van der Waals surface area contributed by atoms with Crippen molar-refractivity contribution in [2.45, 2.75) is 30.5 Å². The molecule has 0 radical (unpaired) electrons. The van der Waals surface area contributed by atoms with Crippen molar-refractivity contribution in [3.8, 4) is 0 Å². The molecule has 0 aromatic carbocycles. The molecule has 0 amide bonds. The van der Waals surface area contributed by atoms with Gasteiger partial charge in [-0.1, -0.05) is 22.4 Å². The molecule has 0 saturated heterocycles. The minimum atomic E-state index is -0.635. The number of hydrogen-bond donors (Lipinski definition) is 1. The van der Waals surface area contributed by atoms with E-state index in [0.29, 0.717) is 4.83 Å². The van der Waals surface area contributed by atoms with E-state index < -0.39 is 5.97 Å². The molecule has 0 aromatic rings. The van der Waals surface area contributed by atoms with Gasteiger partial charge in [-0.25, -0.2) is 0 Å². The number of halogens is 1. The molecule has 1 rings (SSSR count). The molecule has 1 N–H and O–H groups in total. The molecule has 3 heteroatoms. The molecule has 1 fully saturated rings. The summed E-state index contributed by atoms with van der Waals surface area (Å²) in [5, 5.41) is 8.64. The summed E-state index contributed by atoms with van der Waals surface area (Å²) in [4.78, 5) is 10.9. The molecule has 2 atom stereocenters. The van der Waals surface area contributed by atoms with E-state index >= 15 is 0 Å². The average molecular weight is 207 g/mol. The fourth-order valence-electron chi connectivity index (χ4n) is 1.35. The maximum absolute atomic E-state index is 10.5. The van der Waals surface area contributed by atoms with Crippen LogP contribution in [0, 0.1) is 5.92 Å². The Hall–Kier alpha value is -0.0500. The molecular weight excluding hydrogens is 196 g/mol. The van der Waals surface area contributed by atoms with Gasteiger partial charge in [0.15, 0.2) is 0 Å². The van der Waals surface area contributed by atoms with Crippen LogP contribution in [0.4, 0.5) is 0 Å². The lowest BCUT2D eigenvalue weighted by atomic mass is 9.89. The van der Waals surface area contributed by atoms with Crippen LogP contribution in [-0.4, -0.2) is 15.9 Å². The second-order valence-corrected chi connectivity index (χ2v) is 4.09. The molecule has 1 saturated carbocycles. The van der Waals surface area contributed by atoms with Crippen LogP contribution in [0.1, 0.15) is 25.7 Å². The van der Waals surface area contributed by atoms with Crippen molar-refractivity contribution in [2.75, 3.05) is 0 Å². The van der Waals surface area contributed by atoms with Crippen molar-refractivity contribution in [1.29, 1.82) is 0 Å². The summed E-state index contributed by atoms with van der Waals surface area (Å²) in [6, 6.07) is 0. The standard InChI is InChI=1S/C7H11BrO2/c8-6-3-1-2-5(4-6)7(9)10/h5-6H,1-4H2,(H,9,10)/t5-,6?/m1/s1. The number of carbonyl (C=O) groups is 1. The van der Waals surface area contributed by atoms with Crippen LogP contribution in [0.5, 0.6) is 0 Å². The van der Waals surface area contributed by atoms with Gasteiger partial charge in [-0.15, -0.1) is 0 Å². The molecule has 1 unspecified atom stereocenters. The number of hydrogen-bond acceptors (Lipinski definition) is 1. The van der Waals surface area contributed by atoms with E-state index in [1.807, 2.05) is 0 Å². The number of alkyl halides is 1. The van der Waals surface area contributed by atoms with E-state index in [1.165, 1.54) is 0 Å². The number of rotatable bonds is 1. The number of aliphatic carboxylic acids is 1. The number of carboxylic acid groups (broad SMARTS) is 1. The zero-order valence-electron chi connectivity index (χ0n) is 5.72. The molecule has 0 bridgehead atoms. The molecular formula is C7H11BrO2. The Morgan fingerprint density at radius 3 is 2.60 bits per heavy atom. The molecule has 1 aliphatic rings. The van der Waals surface area contributed by atoms with Gasteiger partial charge in [-0.05, 0) is 19.3 Å². The van der Waals surface area contributed by atoms with Gasteiger partial charge in [-0.2, -0.15) is 0 Å². The fourth-order valence-corrected chi connectivity index (χ4v) is 2.13. The average Bonchev–Trinajstić information content (AvgIpc) is 1.88. The lowest BCUT2D eigenvalue weighted by molar-refractivity contribution is -0.142. The normalized spacial score (nSPS) is 33.7. The lowest BCUT2D eigenvalue weighted by Gasteiger charge is -2.21. The predicted molar refractivity (Wildman–Crippen MR) is 42.3 cm³/mol. The van der Waals surface area contributed by atoms with Crippen molar-refractivity contribution < 1.29 is 9.90 Å². The van der Waals surface area contributed by atoms with E-state index in [9.17, 15) is 4.79 Å². The molecule has 2 nitrogen and oxygen atoms in total. The Labute approximate surface area is 68.7 Å². The van der Waals surface area contributed by atoms with Gasteiger partial charge < -0.3 is 5.11 Å². The minimum absolute atomic E-state index is 0.0990. The first-order valence-corrected chi connectivity index (χ1v) is 4.48. The highest BCUT2D eigenvalue weighted by molar-refractivity contribution is 9.09. The second kappa shape index (κ2) is 3.37. The van der Waals surface area contributed by atoms with Crippen molar-refractivity contribution in [2.24, 2.45) is 5.92 Å². The lowest BCUT2D eigenvalue weighted by Crippen LogP contribution is -2.22. The maximum atomic E-state index is 10.5. The molecule has 1 aliphatic carbocycles. The van der Waals surface area contributed by atoms with Crippen molar-refractivity contribution >= 4 is 21.9 Å². The van der Waals surface area contributed by atoms with Crippen LogP contribution >= 0.6 is 15.9 Å². The molecule has 0 heterocycles. The summed E-state index contributed by atoms with van der Waals surface area (Å²) < 4.78 is 0. The molecule has 0 spiro atoms. The summed E-state index contributed by atoms with van der Waals surface area (Å²) in [7, 11) is 0. The third-order valence-electron chi connectivity index (χ3n) is 1.96. The Bertz CT molecular complexity index is 136. The van der Waals surface area contributed by atoms with Gasteiger partial charge in [-0.3, -0.25) is 4.79 Å². The van der Waals surface area contributed by atoms with Crippen LogP contribution in [0.3, 0.4) is 0 Å². The van der Waals surface area contributed by atoms with Crippen LogP contribution in [-0.2, 0) is 4.79 Å². The van der Waals surface area contributed by atoms with E-state index in [-0.39, 0.29) is 5.92 Å². The van der Waals surface area contributed by atoms with Gasteiger partial charge in [0.2, 0.25) is 0 Å². The first-order chi connectivity index (χ1) is 4.70. The topological polar surface area (TPSA) is 37.3 Å². The summed E-state index contributed by atoms with van der Waals surface area (Å²) in [6.45, 7) is 0. The molecule has 0 aliphatic heterocycles.